The van der Waals surface area contributed by atoms with Crippen LogP contribution in [0.15, 0.2) is 66.0 Å². The molecule has 2 aromatic carbocycles. The summed E-state index contributed by atoms with van der Waals surface area (Å²) in [6, 6.07) is 19.4. The maximum atomic E-state index is 12.5. The number of anilines is 2. The van der Waals surface area contributed by atoms with Crippen molar-refractivity contribution >= 4 is 34.6 Å². The molecule has 1 aliphatic heterocycles. The number of hydrogen-bond acceptors (Lipinski definition) is 3. The molecule has 0 fully saturated rings. The molecule has 3 amide bonds. The van der Waals surface area contributed by atoms with E-state index in [0.717, 1.165) is 27.4 Å². The summed E-state index contributed by atoms with van der Waals surface area (Å²) in [6.07, 6.45) is 1.17. The maximum Gasteiger partial charge on any atom is 0.319 e. The van der Waals surface area contributed by atoms with E-state index >= 15 is 0 Å². The Hall–Kier alpha value is -3.12. The predicted octanol–water partition coefficient (Wildman–Crippen LogP) is 4.55. The summed E-state index contributed by atoms with van der Waals surface area (Å²) in [5.41, 5.74) is 3.83. The Morgan fingerprint density at radius 2 is 1.89 bits per heavy atom. The maximum absolute atomic E-state index is 12.5. The molecule has 0 aliphatic carbocycles. The van der Waals surface area contributed by atoms with Crippen LogP contribution in [-0.2, 0) is 24.3 Å². The van der Waals surface area contributed by atoms with Crippen LogP contribution in [0.5, 0.6) is 0 Å². The van der Waals surface area contributed by atoms with Gasteiger partial charge in [-0.1, -0.05) is 36.4 Å². The molecule has 2 heterocycles. The van der Waals surface area contributed by atoms with Crippen LogP contribution in [0.25, 0.3) is 0 Å². The van der Waals surface area contributed by atoms with Gasteiger partial charge in [-0.15, -0.1) is 11.3 Å². The van der Waals surface area contributed by atoms with Crippen LogP contribution in [-0.4, -0.2) is 11.9 Å². The third-order valence-corrected chi connectivity index (χ3v) is 5.60. The highest BCUT2D eigenvalue weighted by atomic mass is 32.1. The van der Waals surface area contributed by atoms with E-state index in [-0.39, 0.29) is 11.9 Å². The van der Waals surface area contributed by atoms with E-state index in [4.69, 9.17) is 0 Å². The normalized spacial score (nSPS) is 13.1. The largest absolute Gasteiger partial charge is 0.333 e. The number of thiophene rings is 1. The van der Waals surface area contributed by atoms with E-state index < -0.39 is 0 Å². The number of aryl methyl sites for hydroxylation is 1. The van der Waals surface area contributed by atoms with Crippen LogP contribution in [0, 0.1) is 0 Å². The minimum Gasteiger partial charge on any atom is -0.333 e. The summed E-state index contributed by atoms with van der Waals surface area (Å²) in [6.45, 7) is 1.06. The molecule has 2 N–H and O–H groups in total. The summed E-state index contributed by atoms with van der Waals surface area (Å²) in [7, 11) is 0. The number of nitrogens with zero attached hydrogens (tertiary/aromatic N) is 1. The lowest BCUT2D eigenvalue weighted by Crippen LogP contribution is -2.34. The molecule has 0 spiro atoms. The van der Waals surface area contributed by atoms with Gasteiger partial charge in [0.1, 0.15) is 0 Å². The van der Waals surface area contributed by atoms with E-state index in [1.54, 1.807) is 11.3 Å². The van der Waals surface area contributed by atoms with Gasteiger partial charge in [0.25, 0.3) is 0 Å². The number of nitrogens with one attached hydrogen (secondary N) is 2. The highest BCUT2D eigenvalue weighted by Crippen LogP contribution is 2.31. The second-order valence-electron chi connectivity index (χ2n) is 6.70. The van der Waals surface area contributed by atoms with Gasteiger partial charge in [0.2, 0.25) is 5.91 Å². The Kier molecular flexibility index (Phi) is 5.39. The van der Waals surface area contributed by atoms with Gasteiger partial charge in [0, 0.05) is 22.7 Å². The first-order chi connectivity index (χ1) is 13.7. The Morgan fingerprint density at radius 1 is 1.04 bits per heavy atom. The number of urea groups is 1. The second kappa shape index (κ2) is 8.27. The molecular weight excluding hydrogens is 370 g/mol. The van der Waals surface area contributed by atoms with Crippen LogP contribution in [0.1, 0.15) is 22.4 Å². The van der Waals surface area contributed by atoms with Crippen LogP contribution >= 0.6 is 11.3 Å². The zero-order chi connectivity index (χ0) is 19.3. The quantitative estimate of drug-likeness (QED) is 0.670. The molecule has 3 aromatic rings. The van der Waals surface area contributed by atoms with Crippen molar-refractivity contribution in [2.75, 3.05) is 10.2 Å². The molecule has 0 radical (unpaired) electrons. The Bertz CT molecular complexity index is 971. The highest BCUT2D eigenvalue weighted by Gasteiger charge is 2.24. The number of amides is 3. The highest BCUT2D eigenvalue weighted by molar-refractivity contribution is 7.09. The first-order valence-corrected chi connectivity index (χ1v) is 10.1. The fourth-order valence-corrected chi connectivity index (χ4v) is 3.98. The zero-order valence-electron chi connectivity index (χ0n) is 15.4. The number of fused-ring (bicyclic) bond motifs is 1. The zero-order valence-corrected chi connectivity index (χ0v) is 16.2. The van der Waals surface area contributed by atoms with Gasteiger partial charge in [-0.3, -0.25) is 4.79 Å². The summed E-state index contributed by atoms with van der Waals surface area (Å²) >= 11 is 1.61. The standard InChI is InChI=1S/C22H21N3O2S/c26-21-11-8-17-13-18(24-22(27)23-14-19-7-4-12-28-19)9-10-20(17)25(21)15-16-5-2-1-3-6-16/h1-7,9-10,12-13H,8,11,14-15H2,(H2,23,24,27). The minimum atomic E-state index is -0.235. The summed E-state index contributed by atoms with van der Waals surface area (Å²) in [4.78, 5) is 27.6. The Labute approximate surface area is 168 Å². The van der Waals surface area contributed by atoms with Gasteiger partial charge >= 0.3 is 6.03 Å². The van der Waals surface area contributed by atoms with Crippen LogP contribution in [0.4, 0.5) is 16.2 Å². The smallest absolute Gasteiger partial charge is 0.319 e. The van der Waals surface area contributed by atoms with Crippen molar-refractivity contribution in [3.05, 3.63) is 82.0 Å². The number of carbonyl (C=O) groups is 2. The molecule has 0 saturated carbocycles. The third kappa shape index (κ3) is 4.23. The minimum absolute atomic E-state index is 0.130. The molecular formula is C22H21N3O2S. The topological polar surface area (TPSA) is 61.4 Å². The van der Waals surface area contributed by atoms with Crippen molar-refractivity contribution in [2.24, 2.45) is 0 Å². The molecule has 1 aliphatic rings. The number of hydrogen-bond donors (Lipinski definition) is 2. The molecule has 4 rings (SSSR count). The van der Waals surface area contributed by atoms with E-state index in [2.05, 4.69) is 10.6 Å². The molecule has 0 atom stereocenters. The van der Waals surface area contributed by atoms with Gasteiger partial charge in [-0.25, -0.2) is 4.79 Å². The van der Waals surface area contributed by atoms with Crippen molar-refractivity contribution in [2.45, 2.75) is 25.9 Å². The monoisotopic (exact) mass is 391 g/mol. The van der Waals surface area contributed by atoms with Crippen LogP contribution in [0.2, 0.25) is 0 Å². The van der Waals surface area contributed by atoms with Gasteiger partial charge in [0.15, 0.2) is 0 Å². The molecule has 0 unspecified atom stereocenters. The molecule has 0 bridgehead atoms. The molecule has 5 nitrogen and oxygen atoms in total. The van der Waals surface area contributed by atoms with E-state index in [9.17, 15) is 9.59 Å². The number of benzene rings is 2. The molecule has 6 heteroatoms. The lowest BCUT2D eigenvalue weighted by molar-refractivity contribution is -0.119. The van der Waals surface area contributed by atoms with E-state index in [0.29, 0.717) is 25.9 Å². The molecule has 1 aromatic heterocycles. The Morgan fingerprint density at radius 3 is 2.68 bits per heavy atom. The predicted molar refractivity (Wildman–Crippen MR) is 113 cm³/mol. The molecule has 28 heavy (non-hydrogen) atoms. The van der Waals surface area contributed by atoms with Crippen LogP contribution in [0.3, 0.4) is 0 Å². The molecule has 0 saturated heterocycles. The van der Waals surface area contributed by atoms with Crippen molar-refractivity contribution in [3.63, 3.8) is 0 Å². The number of carbonyl (C=O) groups excluding carboxylic acids is 2. The molecule has 142 valence electrons. The fourth-order valence-electron chi connectivity index (χ4n) is 3.33. The van der Waals surface area contributed by atoms with Gasteiger partial charge in [0.05, 0.1) is 13.1 Å². The van der Waals surface area contributed by atoms with Crippen molar-refractivity contribution < 1.29 is 9.59 Å². The van der Waals surface area contributed by atoms with Crippen molar-refractivity contribution in [3.8, 4) is 0 Å². The first-order valence-electron chi connectivity index (χ1n) is 9.23. The van der Waals surface area contributed by atoms with Gasteiger partial charge in [-0.2, -0.15) is 0 Å². The fraction of sp³-hybridized carbons (Fsp3) is 0.182. The third-order valence-electron chi connectivity index (χ3n) is 4.72. The average molecular weight is 391 g/mol. The van der Waals surface area contributed by atoms with Gasteiger partial charge in [-0.05, 0) is 47.2 Å². The lowest BCUT2D eigenvalue weighted by Gasteiger charge is -2.30. The van der Waals surface area contributed by atoms with Crippen LogP contribution < -0.4 is 15.5 Å². The van der Waals surface area contributed by atoms with Crippen molar-refractivity contribution in [1.82, 2.24) is 5.32 Å². The lowest BCUT2D eigenvalue weighted by atomic mass is 9.99. The summed E-state index contributed by atoms with van der Waals surface area (Å²) < 4.78 is 0. The van der Waals surface area contributed by atoms with Gasteiger partial charge < -0.3 is 15.5 Å². The first kappa shape index (κ1) is 18.3. The van der Waals surface area contributed by atoms with E-state index in [1.807, 2.05) is 70.9 Å². The SMILES string of the molecule is O=C(NCc1cccs1)Nc1ccc2c(c1)CCC(=O)N2Cc1ccccc1. The van der Waals surface area contributed by atoms with E-state index in [1.165, 1.54) is 0 Å². The number of rotatable bonds is 5. The Balaban J connectivity index is 1.45. The van der Waals surface area contributed by atoms with Crippen molar-refractivity contribution in [1.29, 1.82) is 0 Å². The summed E-state index contributed by atoms with van der Waals surface area (Å²) in [5.74, 6) is 0.130. The summed E-state index contributed by atoms with van der Waals surface area (Å²) in [5, 5.41) is 7.73. The average Bonchev–Trinajstić information content (AvgIpc) is 3.23. The second-order valence-corrected chi connectivity index (χ2v) is 7.73.